The topological polar surface area (TPSA) is 74.7 Å². The van der Waals surface area contributed by atoms with Crippen LogP contribution in [0.5, 0.6) is 11.5 Å². The van der Waals surface area contributed by atoms with Crippen LogP contribution in [0.2, 0.25) is 0 Å². The van der Waals surface area contributed by atoms with E-state index in [4.69, 9.17) is 24.0 Å². The number of benzene rings is 2. The smallest absolute Gasteiger partial charge is 0.230 e. The maximum absolute atomic E-state index is 6.00. The predicted molar refractivity (Wildman–Crippen MR) is 133 cm³/mol. The fourth-order valence-corrected chi connectivity index (χ4v) is 4.85. The molecule has 0 saturated carbocycles. The number of thioether (sulfide) groups is 1. The van der Waals surface area contributed by atoms with Crippen molar-refractivity contribution in [3.63, 3.8) is 0 Å². The van der Waals surface area contributed by atoms with Gasteiger partial charge < -0.3 is 13.9 Å². The second-order valence-electron chi connectivity index (χ2n) is 7.76. The number of fused-ring (bicyclic) bond motifs is 1. The van der Waals surface area contributed by atoms with E-state index < -0.39 is 0 Å². The molecule has 0 bridgehead atoms. The van der Waals surface area contributed by atoms with Gasteiger partial charge in [0.05, 0.1) is 36.7 Å². The van der Waals surface area contributed by atoms with Gasteiger partial charge in [-0.1, -0.05) is 42.1 Å². The summed E-state index contributed by atoms with van der Waals surface area (Å²) in [6, 6.07) is 16.0. The van der Waals surface area contributed by atoms with E-state index in [0.29, 0.717) is 23.1 Å². The van der Waals surface area contributed by atoms with Gasteiger partial charge >= 0.3 is 0 Å². The highest BCUT2D eigenvalue weighted by Gasteiger charge is 2.19. The molecule has 3 aromatic heterocycles. The molecule has 3 heterocycles. The summed E-state index contributed by atoms with van der Waals surface area (Å²) in [5.74, 6) is 3.10. The first kappa shape index (κ1) is 22.0. The van der Waals surface area contributed by atoms with Crippen LogP contribution < -0.4 is 9.47 Å². The lowest BCUT2D eigenvalue weighted by atomic mass is 10.1. The number of ether oxygens (including phenoxy) is 2. The molecule has 0 saturated heterocycles. The molecule has 8 heteroatoms. The molecule has 5 aromatic rings. The van der Waals surface area contributed by atoms with Crippen molar-refractivity contribution < 1.29 is 13.9 Å². The Morgan fingerprint density at radius 3 is 2.62 bits per heavy atom. The predicted octanol–water partition coefficient (Wildman–Crippen LogP) is 5.98. The fourth-order valence-electron chi connectivity index (χ4n) is 3.87. The Balaban J connectivity index is 1.43. The Morgan fingerprint density at radius 2 is 1.82 bits per heavy atom. The van der Waals surface area contributed by atoms with Gasteiger partial charge in [-0.25, -0.2) is 14.5 Å². The third-order valence-corrected chi connectivity index (χ3v) is 6.65. The Labute approximate surface area is 201 Å². The summed E-state index contributed by atoms with van der Waals surface area (Å²) in [4.78, 5) is 9.35. The molecule has 5 rings (SSSR count). The number of nitrogens with zero attached hydrogens (tertiary/aromatic N) is 4. The monoisotopic (exact) mass is 472 g/mol. The summed E-state index contributed by atoms with van der Waals surface area (Å²) in [5.41, 5.74) is 5.80. The maximum Gasteiger partial charge on any atom is 0.230 e. The van der Waals surface area contributed by atoms with Crippen LogP contribution in [-0.2, 0) is 5.75 Å². The number of rotatable bonds is 7. The maximum atomic E-state index is 6.00. The zero-order chi connectivity index (χ0) is 23.7. The summed E-state index contributed by atoms with van der Waals surface area (Å²) >= 11 is 1.61. The molecule has 0 unspecified atom stereocenters. The van der Waals surface area contributed by atoms with Crippen molar-refractivity contribution in [2.24, 2.45) is 0 Å². The molecular weight excluding hydrogens is 448 g/mol. The molecule has 7 nitrogen and oxygen atoms in total. The lowest BCUT2D eigenvalue weighted by Gasteiger charge is -2.09. The van der Waals surface area contributed by atoms with E-state index in [2.05, 4.69) is 30.1 Å². The van der Waals surface area contributed by atoms with Crippen molar-refractivity contribution in [1.82, 2.24) is 19.6 Å². The van der Waals surface area contributed by atoms with Crippen LogP contribution in [0.15, 0.2) is 70.4 Å². The number of aryl methyl sites for hydroxylation is 2. The van der Waals surface area contributed by atoms with E-state index in [1.54, 1.807) is 32.2 Å². The van der Waals surface area contributed by atoms with Gasteiger partial charge in [-0.05, 0) is 37.6 Å². The van der Waals surface area contributed by atoms with Crippen LogP contribution in [-0.4, -0.2) is 33.8 Å². The first-order valence-electron chi connectivity index (χ1n) is 10.8. The Bertz CT molecular complexity index is 1470. The average Bonchev–Trinajstić information content (AvgIpc) is 3.46. The van der Waals surface area contributed by atoms with Crippen LogP contribution in [0.3, 0.4) is 0 Å². The summed E-state index contributed by atoms with van der Waals surface area (Å²) in [7, 11) is 3.22. The van der Waals surface area contributed by atoms with Crippen LogP contribution in [0.25, 0.3) is 28.2 Å². The van der Waals surface area contributed by atoms with Crippen molar-refractivity contribution in [3.8, 4) is 34.2 Å². The first-order valence-corrected chi connectivity index (χ1v) is 11.8. The van der Waals surface area contributed by atoms with Gasteiger partial charge in [-0.15, -0.1) is 0 Å². The summed E-state index contributed by atoms with van der Waals surface area (Å²) in [5, 5.41) is 5.65. The number of hydrogen-bond acceptors (Lipinski definition) is 7. The molecule has 0 aliphatic carbocycles. The highest BCUT2D eigenvalue weighted by atomic mass is 32.2. The largest absolute Gasteiger partial charge is 0.493 e. The molecule has 0 fully saturated rings. The van der Waals surface area contributed by atoms with Gasteiger partial charge in [0.25, 0.3) is 0 Å². The lowest BCUT2D eigenvalue weighted by molar-refractivity contribution is 0.355. The molecule has 34 heavy (non-hydrogen) atoms. The van der Waals surface area contributed by atoms with E-state index in [1.807, 2.05) is 48.0 Å². The third kappa shape index (κ3) is 4.01. The van der Waals surface area contributed by atoms with Crippen molar-refractivity contribution >= 4 is 17.3 Å². The quantitative estimate of drug-likeness (QED) is 0.270. The highest BCUT2D eigenvalue weighted by molar-refractivity contribution is 7.98. The van der Waals surface area contributed by atoms with Gasteiger partial charge in [0.1, 0.15) is 10.8 Å². The van der Waals surface area contributed by atoms with E-state index in [-0.39, 0.29) is 0 Å². The first-order chi connectivity index (χ1) is 16.6. The number of para-hydroxylation sites is 1. The standard InChI is InChI=1S/C26H24N4O3S/c1-16-8-5-6-9-18(16)20-14-22-26(27-12-13-30(22)29-20)34-15-21-17(2)33-25(28-21)19-10-7-11-23(31-3)24(19)32-4/h5-14H,15H2,1-4H3. The molecule has 0 spiro atoms. The van der Waals surface area contributed by atoms with E-state index in [0.717, 1.165) is 38.8 Å². The van der Waals surface area contributed by atoms with Crippen LogP contribution in [0.4, 0.5) is 0 Å². The van der Waals surface area contributed by atoms with Gasteiger partial charge in [0, 0.05) is 23.7 Å². The second kappa shape index (κ2) is 9.23. The molecule has 0 aliphatic heterocycles. The molecule has 0 radical (unpaired) electrons. The van der Waals surface area contributed by atoms with E-state index in [1.165, 1.54) is 5.56 Å². The van der Waals surface area contributed by atoms with Crippen molar-refractivity contribution in [3.05, 3.63) is 77.9 Å². The van der Waals surface area contributed by atoms with Gasteiger partial charge in [0.2, 0.25) is 5.89 Å². The average molecular weight is 473 g/mol. The van der Waals surface area contributed by atoms with Crippen LogP contribution in [0, 0.1) is 13.8 Å². The van der Waals surface area contributed by atoms with Crippen molar-refractivity contribution in [2.75, 3.05) is 14.2 Å². The molecule has 0 atom stereocenters. The summed E-state index contributed by atoms with van der Waals surface area (Å²) in [6.07, 6.45) is 3.64. The Morgan fingerprint density at radius 1 is 1.00 bits per heavy atom. The van der Waals surface area contributed by atoms with Gasteiger partial charge in [-0.2, -0.15) is 5.10 Å². The zero-order valence-electron chi connectivity index (χ0n) is 19.4. The Hall–Kier alpha value is -3.78. The van der Waals surface area contributed by atoms with Crippen LogP contribution in [0.1, 0.15) is 17.0 Å². The Kier molecular flexibility index (Phi) is 5.98. The fraction of sp³-hybridized carbons (Fsp3) is 0.192. The third-order valence-electron chi connectivity index (χ3n) is 5.65. The zero-order valence-corrected chi connectivity index (χ0v) is 20.2. The normalized spacial score (nSPS) is 11.2. The van der Waals surface area contributed by atoms with Crippen molar-refractivity contribution in [1.29, 1.82) is 0 Å². The molecule has 172 valence electrons. The van der Waals surface area contributed by atoms with E-state index in [9.17, 15) is 0 Å². The lowest BCUT2D eigenvalue weighted by Crippen LogP contribution is -1.94. The minimum Gasteiger partial charge on any atom is -0.493 e. The summed E-state index contributed by atoms with van der Waals surface area (Å²) < 4.78 is 18.8. The SMILES string of the molecule is COc1cccc(-c2nc(CSc3nccn4nc(-c5ccccc5C)cc34)c(C)o2)c1OC. The minimum absolute atomic E-state index is 0.501. The highest BCUT2D eigenvalue weighted by Crippen LogP contribution is 2.38. The second-order valence-corrected chi connectivity index (χ2v) is 8.72. The van der Waals surface area contributed by atoms with E-state index >= 15 is 0 Å². The molecule has 0 N–H and O–H groups in total. The molecule has 0 aliphatic rings. The number of hydrogen-bond donors (Lipinski definition) is 0. The molecular formula is C26H24N4O3S. The number of methoxy groups -OCH3 is 2. The minimum atomic E-state index is 0.501. The molecule has 2 aromatic carbocycles. The summed E-state index contributed by atoms with van der Waals surface area (Å²) in [6.45, 7) is 4.01. The number of oxazole rings is 1. The number of aromatic nitrogens is 4. The molecule has 0 amide bonds. The van der Waals surface area contributed by atoms with Crippen molar-refractivity contribution in [2.45, 2.75) is 24.6 Å². The van der Waals surface area contributed by atoms with Crippen LogP contribution >= 0.6 is 11.8 Å². The van der Waals surface area contributed by atoms with Gasteiger partial charge in [0.15, 0.2) is 11.5 Å². The van der Waals surface area contributed by atoms with Gasteiger partial charge in [-0.3, -0.25) is 0 Å².